The van der Waals surface area contributed by atoms with Gasteiger partial charge in [-0.3, -0.25) is 32.8 Å². The number of H-pyrrole nitrogens is 2. The van der Waals surface area contributed by atoms with Gasteiger partial charge in [0.15, 0.2) is 34.8 Å². The number of imidazole rings is 2. The average Bonchev–Trinajstić information content (AvgIpc) is 3.72. The molecule has 7 heterocycles. The average molecular weight is 687 g/mol. The molecule has 7 rings (SSSR count). The zero-order valence-electron chi connectivity index (χ0n) is 23.1. The van der Waals surface area contributed by atoms with E-state index in [4.69, 9.17) is 33.3 Å². The summed E-state index contributed by atoms with van der Waals surface area (Å²) in [6.07, 6.45) is -11.2. The van der Waals surface area contributed by atoms with E-state index in [0.29, 0.717) is 0 Å². The fourth-order valence-corrected chi connectivity index (χ4v) is 7.37. The van der Waals surface area contributed by atoms with E-state index < -0.39 is 89.1 Å². The predicted octanol–water partition coefficient (Wildman–Crippen LogP) is -3.59. The standard InChI is InChI=1S/C21H25N9O14P2/c1-6-25-15-9(17(33)26-6)23-4-29(15)19-11(31)13-7(41-19)2-39-46(37,38)44-14-8(3-40-45(35,36)43-13)42-20(12(14)32)30-5-24-10-16(30)27-21(22)28-18(10)34/h4-5,7-8,11-14,19-20,31-32H,2-3H2,1H3,(H,35,36)(H,37,38)(H,25,26,33)(H3,22,27,28,34)/p-2/t7-,8-,11-,12-,13?,14?,19+,20+/m0/s1. The lowest BCUT2D eigenvalue weighted by molar-refractivity contribution is -0.244. The largest absolute Gasteiger partial charge is 0.756 e. The van der Waals surface area contributed by atoms with Crippen LogP contribution in [0.2, 0.25) is 0 Å². The Hall–Kier alpha value is -3.44. The molecule has 0 aromatic carbocycles. The number of phosphoric ester groups is 2. The molecular formula is C21H23N9O14P2-2. The molecule has 3 aliphatic rings. The van der Waals surface area contributed by atoms with Crippen LogP contribution in [-0.2, 0) is 36.7 Å². The second-order valence-electron chi connectivity index (χ2n) is 10.5. The van der Waals surface area contributed by atoms with Crippen LogP contribution in [-0.4, -0.2) is 99.1 Å². The predicted molar refractivity (Wildman–Crippen MR) is 142 cm³/mol. The van der Waals surface area contributed by atoms with Crippen molar-refractivity contribution in [2.45, 2.75) is 56.0 Å². The molecule has 25 heteroatoms. The molecule has 4 aromatic rings. The first-order chi connectivity index (χ1) is 21.7. The molecule has 4 aromatic heterocycles. The lowest BCUT2D eigenvalue weighted by Crippen LogP contribution is -2.41. The minimum atomic E-state index is -5.35. The summed E-state index contributed by atoms with van der Waals surface area (Å²) in [5.41, 5.74) is 3.85. The first-order valence-corrected chi connectivity index (χ1v) is 16.2. The molecule has 10 atom stereocenters. The third-order valence-electron chi connectivity index (χ3n) is 7.46. The Kier molecular flexibility index (Phi) is 7.51. The van der Waals surface area contributed by atoms with E-state index in [-0.39, 0.29) is 34.1 Å². The number of phosphoric acid groups is 2. The van der Waals surface area contributed by atoms with Gasteiger partial charge >= 0.3 is 0 Å². The van der Waals surface area contributed by atoms with Crippen LogP contribution in [0.1, 0.15) is 18.3 Å². The van der Waals surface area contributed by atoms with Crippen LogP contribution in [0.3, 0.4) is 0 Å². The monoisotopic (exact) mass is 687 g/mol. The summed E-state index contributed by atoms with van der Waals surface area (Å²) in [5.74, 6) is -0.0923. The third-order valence-corrected chi connectivity index (χ3v) is 9.40. The van der Waals surface area contributed by atoms with Crippen LogP contribution in [0.5, 0.6) is 0 Å². The summed E-state index contributed by atoms with van der Waals surface area (Å²) in [5, 5.41) is 22.2. The summed E-state index contributed by atoms with van der Waals surface area (Å²) in [4.78, 5) is 71.1. The molecule has 0 bridgehead atoms. The number of hydrogen-bond acceptors (Lipinski definition) is 19. The summed E-state index contributed by atoms with van der Waals surface area (Å²) in [6, 6.07) is 0. The smallest absolute Gasteiger partial charge is 0.280 e. The maximum Gasteiger partial charge on any atom is 0.280 e. The van der Waals surface area contributed by atoms with Crippen molar-refractivity contribution in [1.29, 1.82) is 0 Å². The quantitative estimate of drug-likeness (QED) is 0.127. The fraction of sp³-hybridized carbons (Fsp3) is 0.524. The number of nitrogen functional groups attached to an aromatic ring is 1. The van der Waals surface area contributed by atoms with E-state index in [1.54, 1.807) is 0 Å². The molecule has 0 radical (unpaired) electrons. The first kappa shape index (κ1) is 31.2. The van der Waals surface area contributed by atoms with Crippen molar-refractivity contribution in [2.24, 2.45) is 0 Å². The lowest BCUT2D eigenvalue weighted by Gasteiger charge is -2.34. The van der Waals surface area contributed by atoms with Crippen molar-refractivity contribution in [3.05, 3.63) is 39.2 Å². The van der Waals surface area contributed by atoms with Crippen LogP contribution < -0.4 is 26.6 Å². The Balaban J connectivity index is 1.18. The van der Waals surface area contributed by atoms with Crippen molar-refractivity contribution in [2.75, 3.05) is 18.9 Å². The molecule has 4 unspecified atom stereocenters. The number of fused-ring (bicyclic) bond motifs is 4. The van der Waals surface area contributed by atoms with Gasteiger partial charge in [0.05, 0.1) is 25.9 Å². The number of rotatable bonds is 2. The molecule has 248 valence electrons. The highest BCUT2D eigenvalue weighted by atomic mass is 31.2. The zero-order valence-corrected chi connectivity index (χ0v) is 24.9. The molecule has 0 spiro atoms. The van der Waals surface area contributed by atoms with Gasteiger partial charge in [0, 0.05) is 0 Å². The maximum atomic E-state index is 13.0. The summed E-state index contributed by atoms with van der Waals surface area (Å²) in [6.45, 7) is -0.388. The van der Waals surface area contributed by atoms with Crippen LogP contribution in [0.4, 0.5) is 5.95 Å². The van der Waals surface area contributed by atoms with Crippen molar-refractivity contribution in [3.8, 4) is 0 Å². The lowest BCUT2D eigenvalue weighted by atomic mass is 10.1. The minimum absolute atomic E-state index is 0.0235. The summed E-state index contributed by atoms with van der Waals surface area (Å²) in [7, 11) is -10.7. The molecule has 46 heavy (non-hydrogen) atoms. The fourth-order valence-electron chi connectivity index (χ4n) is 5.47. The van der Waals surface area contributed by atoms with Crippen molar-refractivity contribution < 1.29 is 56.7 Å². The molecule has 0 amide bonds. The Morgan fingerprint density at radius 1 is 0.848 bits per heavy atom. The van der Waals surface area contributed by atoms with E-state index in [0.717, 1.165) is 21.8 Å². The number of aromatic amines is 2. The number of nitrogens with two attached hydrogens (primary N) is 1. The third kappa shape index (κ3) is 5.39. The van der Waals surface area contributed by atoms with E-state index in [9.17, 15) is 38.7 Å². The number of aromatic nitrogens is 8. The van der Waals surface area contributed by atoms with Gasteiger partial charge in [-0.25, -0.2) is 15.0 Å². The molecular weight excluding hydrogens is 664 g/mol. The van der Waals surface area contributed by atoms with Crippen LogP contribution in [0.15, 0.2) is 22.2 Å². The number of aliphatic hydroxyl groups excluding tert-OH is 2. The normalized spacial score (nSPS) is 37.2. The Morgan fingerprint density at radius 2 is 1.30 bits per heavy atom. The minimum Gasteiger partial charge on any atom is -0.756 e. The highest BCUT2D eigenvalue weighted by molar-refractivity contribution is 7.46. The summed E-state index contributed by atoms with van der Waals surface area (Å²) < 4.78 is 59.8. The molecule has 6 N–H and O–H groups in total. The first-order valence-electron chi connectivity index (χ1n) is 13.3. The Bertz CT molecular complexity index is 1900. The van der Waals surface area contributed by atoms with Crippen molar-refractivity contribution in [3.63, 3.8) is 0 Å². The van der Waals surface area contributed by atoms with Gasteiger partial charge in [0.1, 0.15) is 42.4 Å². The summed E-state index contributed by atoms with van der Waals surface area (Å²) >= 11 is 0. The number of nitrogens with one attached hydrogen (secondary N) is 2. The van der Waals surface area contributed by atoms with Crippen molar-refractivity contribution >= 4 is 43.9 Å². The second kappa shape index (κ2) is 11.1. The molecule has 0 saturated carbocycles. The van der Waals surface area contributed by atoms with E-state index >= 15 is 0 Å². The van der Waals surface area contributed by atoms with Gasteiger partial charge in [0.2, 0.25) is 5.95 Å². The number of anilines is 1. The molecule has 0 aliphatic carbocycles. The Labute approximate surface area is 254 Å². The van der Waals surface area contributed by atoms with E-state index in [2.05, 4.69) is 29.9 Å². The van der Waals surface area contributed by atoms with Gasteiger partial charge < -0.3 is 58.3 Å². The molecule has 3 saturated heterocycles. The highest BCUT2D eigenvalue weighted by Gasteiger charge is 2.51. The maximum absolute atomic E-state index is 13.0. The Morgan fingerprint density at radius 3 is 1.80 bits per heavy atom. The van der Waals surface area contributed by atoms with E-state index in [1.807, 2.05) is 0 Å². The van der Waals surface area contributed by atoms with E-state index in [1.165, 1.54) is 6.92 Å². The number of aryl methyl sites for hydroxylation is 1. The van der Waals surface area contributed by atoms with Gasteiger partial charge in [-0.05, 0) is 6.92 Å². The molecule has 23 nitrogen and oxygen atoms in total. The molecule has 3 aliphatic heterocycles. The van der Waals surface area contributed by atoms with Gasteiger partial charge in [-0.15, -0.1) is 0 Å². The van der Waals surface area contributed by atoms with Crippen LogP contribution in [0, 0.1) is 6.92 Å². The van der Waals surface area contributed by atoms with Crippen molar-refractivity contribution in [1.82, 2.24) is 39.0 Å². The second-order valence-corrected chi connectivity index (χ2v) is 13.2. The van der Waals surface area contributed by atoms with Gasteiger partial charge in [0.25, 0.3) is 26.8 Å². The zero-order chi connectivity index (χ0) is 32.7. The van der Waals surface area contributed by atoms with Crippen LogP contribution >= 0.6 is 15.6 Å². The molecule has 3 fully saturated rings. The number of hydrogen-bond donors (Lipinski definition) is 5. The van der Waals surface area contributed by atoms with Gasteiger partial charge in [-0.2, -0.15) is 4.98 Å². The topological polar surface area (TPSA) is 329 Å². The number of aliphatic hydroxyl groups is 2. The highest BCUT2D eigenvalue weighted by Crippen LogP contribution is 2.50. The van der Waals surface area contributed by atoms with Crippen LogP contribution in [0.25, 0.3) is 22.3 Å². The SMILES string of the molecule is Cc1nc2c(ncn2[C@@H]2O[C@H]3COP(=O)([O-])OC4[C@H](COP(=O)([O-])OC3[C@@H]2O)O[C@@H](n2cnc3c(=O)[nH]c(N)nc32)[C@H]4O)c(=O)[nH]1. The number of nitrogens with zero attached hydrogens (tertiary/aromatic N) is 6. The number of ether oxygens (including phenoxy) is 2. The van der Waals surface area contributed by atoms with Gasteiger partial charge in [-0.1, -0.05) is 0 Å².